The molecule has 1 unspecified atom stereocenters. The molecule has 8 nitrogen and oxygen atoms in total. The van der Waals surface area contributed by atoms with Crippen molar-refractivity contribution < 1.29 is 14.5 Å². The van der Waals surface area contributed by atoms with Crippen LogP contribution >= 0.6 is 0 Å². The molecular weight excluding hydrogens is 300 g/mol. The van der Waals surface area contributed by atoms with Crippen LogP contribution in [0.4, 0.5) is 16.2 Å². The van der Waals surface area contributed by atoms with Gasteiger partial charge in [-0.25, -0.2) is 4.79 Å². The number of rotatable bonds is 3. The lowest BCUT2D eigenvalue weighted by atomic mass is 10.1. The summed E-state index contributed by atoms with van der Waals surface area (Å²) in [6.45, 7) is 6.27. The minimum absolute atomic E-state index is 0.00171. The second kappa shape index (κ2) is 6.23. The summed E-state index contributed by atoms with van der Waals surface area (Å²) in [5, 5.41) is 16.0. The smallest absolute Gasteiger partial charge is 0.319 e. The molecule has 1 fully saturated rings. The molecule has 2 N–H and O–H groups in total. The van der Waals surface area contributed by atoms with Crippen molar-refractivity contribution in [2.45, 2.75) is 38.8 Å². The molecule has 0 bridgehead atoms. The molecule has 0 aromatic heterocycles. The van der Waals surface area contributed by atoms with Crippen molar-refractivity contribution in [2.24, 2.45) is 0 Å². The molecule has 8 heteroatoms. The van der Waals surface area contributed by atoms with Gasteiger partial charge >= 0.3 is 6.03 Å². The Morgan fingerprint density at radius 3 is 2.65 bits per heavy atom. The Morgan fingerprint density at radius 2 is 2.09 bits per heavy atom. The number of urea groups is 1. The third-order valence-electron chi connectivity index (χ3n) is 3.58. The van der Waals surface area contributed by atoms with Crippen LogP contribution in [-0.4, -0.2) is 39.9 Å². The van der Waals surface area contributed by atoms with Gasteiger partial charge in [0.15, 0.2) is 0 Å². The molecule has 1 aromatic carbocycles. The zero-order chi connectivity index (χ0) is 17.2. The number of benzene rings is 1. The maximum absolute atomic E-state index is 12.0. The first kappa shape index (κ1) is 16.7. The van der Waals surface area contributed by atoms with Gasteiger partial charge in [0.05, 0.1) is 11.0 Å². The summed E-state index contributed by atoms with van der Waals surface area (Å²) < 4.78 is 0. The Hall–Kier alpha value is -2.64. The van der Waals surface area contributed by atoms with E-state index in [1.54, 1.807) is 11.0 Å². The van der Waals surface area contributed by atoms with Crippen LogP contribution in [0.25, 0.3) is 0 Å². The van der Waals surface area contributed by atoms with E-state index in [4.69, 9.17) is 0 Å². The van der Waals surface area contributed by atoms with Crippen molar-refractivity contribution in [1.82, 2.24) is 10.2 Å². The fourth-order valence-corrected chi connectivity index (χ4v) is 2.50. The number of nitrogens with one attached hydrogen (secondary N) is 2. The highest BCUT2D eigenvalue weighted by atomic mass is 16.6. The summed E-state index contributed by atoms with van der Waals surface area (Å²) in [6, 6.07) is 4.92. The molecule has 1 aliphatic rings. The van der Waals surface area contributed by atoms with Crippen molar-refractivity contribution in [3.63, 3.8) is 0 Å². The van der Waals surface area contributed by atoms with Crippen molar-refractivity contribution in [3.8, 4) is 0 Å². The first-order valence-corrected chi connectivity index (χ1v) is 7.29. The lowest BCUT2D eigenvalue weighted by Crippen LogP contribution is -2.45. The lowest BCUT2D eigenvalue weighted by Gasteiger charge is -2.32. The first-order valence-electron chi connectivity index (χ1n) is 7.29. The highest BCUT2D eigenvalue weighted by Gasteiger charge is 2.36. The van der Waals surface area contributed by atoms with Gasteiger partial charge in [-0.3, -0.25) is 14.9 Å². The van der Waals surface area contributed by atoms with Crippen LogP contribution in [0.3, 0.4) is 0 Å². The molecule has 0 spiro atoms. The van der Waals surface area contributed by atoms with Crippen LogP contribution in [-0.2, 0) is 4.79 Å². The maximum atomic E-state index is 12.0. The van der Waals surface area contributed by atoms with Gasteiger partial charge < -0.3 is 15.5 Å². The molecule has 1 aromatic rings. The third kappa shape index (κ3) is 4.18. The van der Waals surface area contributed by atoms with E-state index in [0.29, 0.717) is 12.2 Å². The van der Waals surface area contributed by atoms with Crippen molar-refractivity contribution in [1.29, 1.82) is 0 Å². The molecule has 0 saturated carbocycles. The van der Waals surface area contributed by atoms with Crippen LogP contribution in [0.5, 0.6) is 0 Å². The van der Waals surface area contributed by atoms with E-state index in [0.717, 1.165) is 0 Å². The molecule has 23 heavy (non-hydrogen) atoms. The third-order valence-corrected chi connectivity index (χ3v) is 3.58. The number of non-ortho nitro benzene ring substituents is 1. The van der Waals surface area contributed by atoms with Gasteiger partial charge in [-0.05, 0) is 26.8 Å². The summed E-state index contributed by atoms with van der Waals surface area (Å²) in [6.07, 6.45) is 0.250. The fourth-order valence-electron chi connectivity index (χ4n) is 2.50. The van der Waals surface area contributed by atoms with Crippen LogP contribution < -0.4 is 10.6 Å². The zero-order valence-electron chi connectivity index (χ0n) is 13.3. The monoisotopic (exact) mass is 320 g/mol. The standard InChI is InChI=1S/C15H20N4O4/c1-15(2,3)18-9-11(8-13(18)20)17-14(21)16-10-5-4-6-12(7-10)19(22)23/h4-7,11H,8-9H2,1-3H3,(H2,16,17,21). The largest absolute Gasteiger partial charge is 0.336 e. The molecule has 1 heterocycles. The number of amides is 3. The number of carbonyl (C=O) groups is 2. The van der Waals surface area contributed by atoms with Gasteiger partial charge in [0, 0.05) is 36.3 Å². The van der Waals surface area contributed by atoms with Gasteiger partial charge in [0.1, 0.15) is 0 Å². The minimum atomic E-state index is -0.528. The molecule has 2 rings (SSSR count). The van der Waals surface area contributed by atoms with E-state index in [9.17, 15) is 19.7 Å². The van der Waals surface area contributed by atoms with Gasteiger partial charge in [-0.1, -0.05) is 6.07 Å². The van der Waals surface area contributed by atoms with E-state index in [-0.39, 0.29) is 29.6 Å². The van der Waals surface area contributed by atoms with E-state index < -0.39 is 11.0 Å². The van der Waals surface area contributed by atoms with Crippen molar-refractivity contribution in [2.75, 3.05) is 11.9 Å². The number of hydrogen-bond donors (Lipinski definition) is 2. The van der Waals surface area contributed by atoms with Gasteiger partial charge in [0.2, 0.25) is 5.91 Å². The summed E-state index contributed by atoms with van der Waals surface area (Å²) >= 11 is 0. The average Bonchev–Trinajstić information content (AvgIpc) is 2.79. The van der Waals surface area contributed by atoms with Crippen LogP contribution in [0.1, 0.15) is 27.2 Å². The second-order valence-electron chi connectivity index (χ2n) is 6.48. The predicted octanol–water partition coefficient (Wildman–Crippen LogP) is 2.12. The van der Waals surface area contributed by atoms with Crippen molar-refractivity contribution >= 4 is 23.3 Å². The highest BCUT2D eigenvalue weighted by Crippen LogP contribution is 2.22. The number of nitrogens with zero attached hydrogens (tertiary/aromatic N) is 2. The minimum Gasteiger partial charge on any atom is -0.336 e. The van der Waals surface area contributed by atoms with Gasteiger partial charge in [-0.15, -0.1) is 0 Å². The Balaban J connectivity index is 1.95. The number of nitro benzene ring substituents is 1. The molecule has 1 aliphatic heterocycles. The van der Waals surface area contributed by atoms with Gasteiger partial charge in [0.25, 0.3) is 5.69 Å². The number of nitro groups is 1. The van der Waals surface area contributed by atoms with Crippen LogP contribution in [0.15, 0.2) is 24.3 Å². The van der Waals surface area contributed by atoms with E-state index >= 15 is 0 Å². The van der Waals surface area contributed by atoms with Crippen LogP contribution in [0.2, 0.25) is 0 Å². The Labute approximate surface area is 134 Å². The molecule has 1 atom stereocenters. The summed E-state index contributed by atoms with van der Waals surface area (Å²) in [4.78, 5) is 35.9. The summed E-state index contributed by atoms with van der Waals surface area (Å²) in [5.74, 6) is -0.00171. The fraction of sp³-hybridized carbons (Fsp3) is 0.467. The maximum Gasteiger partial charge on any atom is 0.319 e. The molecule has 124 valence electrons. The number of hydrogen-bond acceptors (Lipinski definition) is 4. The Morgan fingerprint density at radius 1 is 1.39 bits per heavy atom. The second-order valence-corrected chi connectivity index (χ2v) is 6.48. The highest BCUT2D eigenvalue weighted by molar-refractivity contribution is 5.90. The first-order chi connectivity index (χ1) is 10.7. The SMILES string of the molecule is CC(C)(C)N1CC(NC(=O)Nc2cccc([N+](=O)[O-])c2)CC1=O. The summed E-state index contributed by atoms with van der Waals surface area (Å²) in [5.41, 5.74) is -0.0595. The Bertz CT molecular complexity index is 639. The summed E-state index contributed by atoms with van der Waals surface area (Å²) in [7, 11) is 0. The average molecular weight is 320 g/mol. The van der Waals surface area contributed by atoms with Crippen molar-refractivity contribution in [3.05, 3.63) is 34.4 Å². The molecule has 3 amide bonds. The predicted molar refractivity (Wildman–Crippen MR) is 85.1 cm³/mol. The zero-order valence-corrected chi connectivity index (χ0v) is 13.3. The normalized spacial score (nSPS) is 18.0. The molecular formula is C15H20N4O4. The molecule has 1 saturated heterocycles. The molecule has 0 radical (unpaired) electrons. The quantitative estimate of drug-likeness (QED) is 0.657. The van der Waals surface area contributed by atoms with E-state index in [1.807, 2.05) is 20.8 Å². The Kier molecular flexibility index (Phi) is 4.53. The topological polar surface area (TPSA) is 105 Å². The number of anilines is 1. The van der Waals surface area contributed by atoms with Crippen LogP contribution in [0, 0.1) is 10.1 Å². The number of carbonyl (C=O) groups excluding carboxylic acids is 2. The van der Waals surface area contributed by atoms with E-state index in [2.05, 4.69) is 10.6 Å². The molecule has 0 aliphatic carbocycles. The van der Waals surface area contributed by atoms with Gasteiger partial charge in [-0.2, -0.15) is 0 Å². The number of likely N-dealkylation sites (tertiary alicyclic amines) is 1. The lowest BCUT2D eigenvalue weighted by molar-refractivity contribution is -0.384. The van der Waals surface area contributed by atoms with E-state index in [1.165, 1.54) is 18.2 Å².